The van der Waals surface area contributed by atoms with Crippen molar-refractivity contribution in [3.05, 3.63) is 74.0 Å². The second-order valence-corrected chi connectivity index (χ2v) is 12.1. The van der Waals surface area contributed by atoms with E-state index >= 15 is 0 Å². The third-order valence-corrected chi connectivity index (χ3v) is 8.31. The molecule has 1 fully saturated rings. The number of ether oxygens (including phenoxy) is 1. The van der Waals surface area contributed by atoms with E-state index in [0.717, 1.165) is 36.0 Å². The maximum atomic E-state index is 13.8. The van der Waals surface area contributed by atoms with Gasteiger partial charge in [0.05, 0.1) is 4.91 Å². The Hall–Kier alpha value is -2.97. The number of rotatable bonds is 11. The topological polar surface area (TPSA) is 63.9 Å². The van der Waals surface area contributed by atoms with Crippen molar-refractivity contribution in [1.29, 1.82) is 0 Å². The van der Waals surface area contributed by atoms with Crippen LogP contribution in [0.5, 0.6) is 11.6 Å². The minimum atomic E-state index is -0.293. The van der Waals surface area contributed by atoms with Crippen LogP contribution in [0.15, 0.2) is 46.2 Å². The number of carbonyl (C=O) groups excluding carboxylic acids is 1. The summed E-state index contributed by atoms with van der Waals surface area (Å²) in [5.74, 6) is 0.880. The van der Waals surface area contributed by atoms with Gasteiger partial charge in [0.2, 0.25) is 5.88 Å². The first-order valence-corrected chi connectivity index (χ1v) is 15.0. The lowest BCUT2D eigenvalue weighted by Gasteiger charge is -2.16. The highest BCUT2D eigenvalue weighted by molar-refractivity contribution is 8.26. The Kier molecular flexibility index (Phi) is 9.62. The summed E-state index contributed by atoms with van der Waals surface area (Å²) in [6, 6.07) is 9.77. The Morgan fingerprint density at radius 3 is 2.56 bits per heavy atom. The zero-order valence-corrected chi connectivity index (χ0v) is 25.1. The molecule has 2 aromatic heterocycles. The maximum Gasteiger partial charge on any atom is 0.269 e. The van der Waals surface area contributed by atoms with Crippen LogP contribution in [-0.4, -0.2) is 31.1 Å². The molecule has 6 nitrogen and oxygen atoms in total. The van der Waals surface area contributed by atoms with Crippen LogP contribution < -0.4 is 10.3 Å². The van der Waals surface area contributed by atoms with Gasteiger partial charge in [0, 0.05) is 12.7 Å². The van der Waals surface area contributed by atoms with E-state index in [1.807, 2.05) is 44.2 Å². The van der Waals surface area contributed by atoms with Crippen LogP contribution in [0, 0.1) is 13.8 Å². The van der Waals surface area contributed by atoms with Crippen LogP contribution in [-0.2, 0) is 4.79 Å². The number of carbonyl (C=O) groups is 1. The number of aromatic nitrogens is 2. The highest BCUT2D eigenvalue weighted by Crippen LogP contribution is 2.36. The molecule has 0 atom stereocenters. The van der Waals surface area contributed by atoms with Crippen molar-refractivity contribution in [3.63, 3.8) is 0 Å². The first-order chi connectivity index (χ1) is 18.7. The van der Waals surface area contributed by atoms with Crippen molar-refractivity contribution in [2.45, 2.75) is 79.1 Å². The molecule has 1 amide bonds. The van der Waals surface area contributed by atoms with Crippen LogP contribution in [0.4, 0.5) is 0 Å². The summed E-state index contributed by atoms with van der Waals surface area (Å²) in [5, 5.41) is 0. The lowest BCUT2D eigenvalue weighted by molar-refractivity contribution is -0.122. The maximum absolute atomic E-state index is 13.8. The lowest BCUT2D eigenvalue weighted by Crippen LogP contribution is -2.29. The molecule has 1 aliphatic rings. The Morgan fingerprint density at radius 1 is 1.08 bits per heavy atom. The van der Waals surface area contributed by atoms with Gasteiger partial charge in [0.15, 0.2) is 0 Å². The number of pyridine rings is 1. The fourth-order valence-electron chi connectivity index (χ4n) is 4.68. The standard InChI is InChI=1S/C31H37N3O3S2/c1-6-7-8-9-10-11-16-34-30(36)26(39-31(34)38)19-24-28(32-27-22(5)13-12-17-33(27)29(24)35)37-25-18-21(4)14-15-23(25)20(2)3/h12-15,17-20H,6-11,16H2,1-5H3/b26-19+. The van der Waals surface area contributed by atoms with Crippen LogP contribution in [0.25, 0.3) is 11.7 Å². The summed E-state index contributed by atoms with van der Waals surface area (Å²) < 4.78 is 8.43. The normalized spacial score (nSPS) is 14.8. The molecule has 0 saturated carbocycles. The van der Waals surface area contributed by atoms with Gasteiger partial charge in [0.25, 0.3) is 11.5 Å². The molecule has 0 bridgehead atoms. The third-order valence-electron chi connectivity index (χ3n) is 6.93. The van der Waals surface area contributed by atoms with Gasteiger partial charge < -0.3 is 4.74 Å². The fraction of sp³-hybridized carbons (Fsp3) is 0.419. The summed E-state index contributed by atoms with van der Waals surface area (Å²) in [6.45, 7) is 10.9. The average molecular weight is 564 g/mol. The summed E-state index contributed by atoms with van der Waals surface area (Å²) in [7, 11) is 0. The molecule has 3 aromatic rings. The predicted molar refractivity (Wildman–Crippen MR) is 165 cm³/mol. The van der Waals surface area contributed by atoms with Crippen LogP contribution >= 0.6 is 24.0 Å². The van der Waals surface area contributed by atoms with E-state index < -0.39 is 0 Å². The van der Waals surface area contributed by atoms with E-state index in [4.69, 9.17) is 21.9 Å². The van der Waals surface area contributed by atoms with Gasteiger partial charge in [-0.25, -0.2) is 0 Å². The number of unbranched alkanes of at least 4 members (excludes halogenated alkanes) is 5. The second kappa shape index (κ2) is 12.9. The van der Waals surface area contributed by atoms with Crippen molar-refractivity contribution in [3.8, 4) is 11.6 Å². The van der Waals surface area contributed by atoms with Crippen molar-refractivity contribution >= 4 is 45.9 Å². The van der Waals surface area contributed by atoms with E-state index in [1.54, 1.807) is 17.2 Å². The molecule has 8 heteroatoms. The highest BCUT2D eigenvalue weighted by Gasteiger charge is 2.32. The minimum absolute atomic E-state index is 0.170. The van der Waals surface area contributed by atoms with E-state index in [0.29, 0.717) is 27.2 Å². The molecule has 0 radical (unpaired) electrons. The zero-order chi connectivity index (χ0) is 28.1. The van der Waals surface area contributed by atoms with Crippen molar-refractivity contribution in [2.75, 3.05) is 6.54 Å². The SMILES string of the molecule is CCCCCCCCN1C(=O)/C(=C\c2c(Oc3cc(C)ccc3C(C)C)nc3c(C)cccn3c2=O)SC1=S. The van der Waals surface area contributed by atoms with E-state index in [-0.39, 0.29) is 28.8 Å². The molecular weight excluding hydrogens is 526 g/mol. The van der Waals surface area contributed by atoms with Crippen LogP contribution in [0.3, 0.4) is 0 Å². The number of fused-ring (bicyclic) bond motifs is 1. The Balaban J connectivity index is 1.71. The number of hydrogen-bond donors (Lipinski definition) is 0. The number of thiocarbonyl (C=S) groups is 1. The molecule has 1 saturated heterocycles. The van der Waals surface area contributed by atoms with Gasteiger partial charge in [-0.05, 0) is 61.1 Å². The van der Waals surface area contributed by atoms with Gasteiger partial charge in [-0.3, -0.25) is 18.9 Å². The molecule has 1 aromatic carbocycles. The summed E-state index contributed by atoms with van der Waals surface area (Å²) in [4.78, 5) is 34.0. The molecule has 0 unspecified atom stereocenters. The second-order valence-electron chi connectivity index (χ2n) is 10.4. The van der Waals surface area contributed by atoms with Gasteiger partial charge in [-0.15, -0.1) is 0 Å². The third kappa shape index (κ3) is 6.61. The smallest absolute Gasteiger partial charge is 0.269 e. The Labute approximate surface area is 240 Å². The van der Waals surface area contributed by atoms with Crippen molar-refractivity contribution in [2.24, 2.45) is 0 Å². The van der Waals surface area contributed by atoms with Gasteiger partial charge >= 0.3 is 0 Å². The molecule has 0 spiro atoms. The molecule has 206 valence electrons. The first kappa shape index (κ1) is 29.0. The molecule has 0 aliphatic carbocycles. The monoisotopic (exact) mass is 563 g/mol. The van der Waals surface area contributed by atoms with Crippen LogP contribution in [0.2, 0.25) is 0 Å². The summed E-state index contributed by atoms with van der Waals surface area (Å²) >= 11 is 6.78. The molecule has 0 N–H and O–H groups in total. The summed E-state index contributed by atoms with van der Waals surface area (Å²) in [5.41, 5.74) is 3.37. The van der Waals surface area contributed by atoms with E-state index in [2.05, 4.69) is 20.8 Å². The van der Waals surface area contributed by atoms with E-state index in [9.17, 15) is 9.59 Å². The quantitative estimate of drug-likeness (QED) is 0.135. The minimum Gasteiger partial charge on any atom is -0.438 e. The van der Waals surface area contributed by atoms with Gasteiger partial charge in [0.1, 0.15) is 21.3 Å². The highest BCUT2D eigenvalue weighted by atomic mass is 32.2. The number of thioether (sulfide) groups is 1. The Bertz CT molecular complexity index is 1480. The average Bonchev–Trinajstić information content (AvgIpc) is 3.16. The molecule has 1 aliphatic heterocycles. The molecule has 39 heavy (non-hydrogen) atoms. The van der Waals surface area contributed by atoms with Crippen molar-refractivity contribution < 1.29 is 9.53 Å². The molecular formula is C31H37N3O3S2. The van der Waals surface area contributed by atoms with E-state index in [1.165, 1.54) is 35.4 Å². The first-order valence-electron chi connectivity index (χ1n) is 13.8. The molecule has 4 rings (SSSR count). The molecule has 3 heterocycles. The number of aryl methyl sites for hydroxylation is 2. The number of hydrogen-bond acceptors (Lipinski definition) is 6. The van der Waals surface area contributed by atoms with Crippen LogP contribution in [0.1, 0.15) is 87.5 Å². The zero-order valence-electron chi connectivity index (χ0n) is 23.5. The number of amides is 1. The van der Waals surface area contributed by atoms with Gasteiger partial charge in [-0.2, -0.15) is 4.98 Å². The predicted octanol–water partition coefficient (Wildman–Crippen LogP) is 7.79. The largest absolute Gasteiger partial charge is 0.438 e. The number of nitrogens with zero attached hydrogens (tertiary/aromatic N) is 3. The Morgan fingerprint density at radius 2 is 1.82 bits per heavy atom. The van der Waals surface area contributed by atoms with Crippen molar-refractivity contribution in [1.82, 2.24) is 14.3 Å². The fourth-order valence-corrected chi connectivity index (χ4v) is 5.97. The lowest BCUT2D eigenvalue weighted by atomic mass is 10.0. The number of benzene rings is 1. The summed E-state index contributed by atoms with van der Waals surface area (Å²) in [6.07, 6.45) is 10.1. The van der Waals surface area contributed by atoms with Gasteiger partial charge in [-0.1, -0.05) is 95.1 Å².